The third kappa shape index (κ3) is 5.22. The Labute approximate surface area is 174 Å². The summed E-state index contributed by atoms with van der Waals surface area (Å²) >= 11 is 6.00. The maximum Gasteiger partial charge on any atom is 0.246 e. The Kier molecular flexibility index (Phi) is 6.22. The van der Waals surface area contributed by atoms with E-state index in [4.69, 9.17) is 16.1 Å². The van der Waals surface area contributed by atoms with Crippen LogP contribution in [0.25, 0.3) is 11.4 Å². The summed E-state index contributed by atoms with van der Waals surface area (Å²) in [6.45, 7) is 3.01. The van der Waals surface area contributed by atoms with Gasteiger partial charge in [0.1, 0.15) is 0 Å². The summed E-state index contributed by atoms with van der Waals surface area (Å²) in [7, 11) is 0. The molecule has 29 heavy (non-hydrogen) atoms. The number of hydrogen-bond acceptors (Lipinski definition) is 5. The van der Waals surface area contributed by atoms with Crippen LogP contribution in [0, 0.1) is 5.92 Å². The minimum Gasteiger partial charge on any atom is -0.347 e. The molecule has 1 aliphatic heterocycles. The Bertz CT molecular complexity index is 952. The molecule has 2 heterocycles. The van der Waals surface area contributed by atoms with Crippen molar-refractivity contribution in [3.63, 3.8) is 0 Å². The molecule has 3 aromatic rings. The zero-order valence-electron chi connectivity index (χ0n) is 16.1. The van der Waals surface area contributed by atoms with Crippen molar-refractivity contribution in [2.45, 2.75) is 25.9 Å². The van der Waals surface area contributed by atoms with Crippen molar-refractivity contribution in [3.8, 4) is 11.4 Å². The van der Waals surface area contributed by atoms with E-state index in [0.717, 1.165) is 38.0 Å². The number of rotatable bonds is 6. The lowest BCUT2D eigenvalue weighted by Crippen LogP contribution is -2.40. The predicted octanol–water partition coefficient (Wildman–Crippen LogP) is 3.92. The largest absolute Gasteiger partial charge is 0.347 e. The molecule has 1 aromatic heterocycles. The Morgan fingerprint density at radius 3 is 2.69 bits per heavy atom. The average molecular weight is 411 g/mol. The van der Waals surface area contributed by atoms with E-state index in [0.29, 0.717) is 16.7 Å². The number of hydrogen-bond donors (Lipinski definition) is 1. The number of nitrogens with zero attached hydrogens (tertiary/aromatic N) is 3. The van der Waals surface area contributed by atoms with Gasteiger partial charge in [-0.3, -0.25) is 9.69 Å². The summed E-state index contributed by atoms with van der Waals surface area (Å²) in [5.74, 6) is 0.921. The minimum absolute atomic E-state index is 0.0253. The number of aromatic nitrogens is 2. The quantitative estimate of drug-likeness (QED) is 0.666. The molecule has 0 aliphatic carbocycles. The summed E-state index contributed by atoms with van der Waals surface area (Å²) in [5.41, 5.74) is 2.09. The number of benzene rings is 2. The van der Waals surface area contributed by atoms with Crippen LogP contribution in [0.3, 0.4) is 0 Å². The van der Waals surface area contributed by atoms with E-state index in [9.17, 15) is 4.79 Å². The summed E-state index contributed by atoms with van der Waals surface area (Å²) < 4.78 is 5.25. The lowest BCUT2D eigenvalue weighted by Gasteiger charge is -2.31. The normalized spacial score (nSPS) is 15.3. The Balaban J connectivity index is 1.24. The van der Waals surface area contributed by atoms with E-state index < -0.39 is 0 Å². The molecule has 1 aliphatic rings. The number of halogens is 1. The number of carbonyl (C=O) groups excluding carboxylic acids is 1. The highest BCUT2D eigenvalue weighted by Gasteiger charge is 2.25. The van der Waals surface area contributed by atoms with Crippen LogP contribution < -0.4 is 5.32 Å². The molecule has 0 saturated carbocycles. The monoisotopic (exact) mass is 410 g/mol. The second-order valence-corrected chi connectivity index (χ2v) is 7.71. The van der Waals surface area contributed by atoms with Gasteiger partial charge in [0.2, 0.25) is 17.6 Å². The van der Waals surface area contributed by atoms with Gasteiger partial charge in [0.25, 0.3) is 0 Å². The van der Waals surface area contributed by atoms with Crippen LogP contribution in [0.2, 0.25) is 5.02 Å². The summed E-state index contributed by atoms with van der Waals surface area (Å²) in [6.07, 6.45) is 1.71. The first-order valence-corrected chi connectivity index (χ1v) is 10.2. The second kappa shape index (κ2) is 9.20. The van der Waals surface area contributed by atoms with Gasteiger partial charge < -0.3 is 9.84 Å². The fourth-order valence-electron chi connectivity index (χ4n) is 3.57. The van der Waals surface area contributed by atoms with Crippen LogP contribution in [-0.4, -0.2) is 34.0 Å². The highest BCUT2D eigenvalue weighted by Crippen LogP contribution is 2.21. The molecule has 6 nitrogen and oxygen atoms in total. The van der Waals surface area contributed by atoms with Crippen molar-refractivity contribution < 1.29 is 9.32 Å². The number of likely N-dealkylation sites (tertiary alicyclic amines) is 1. The Hall–Kier alpha value is -2.70. The van der Waals surface area contributed by atoms with Gasteiger partial charge in [-0.25, -0.2) is 0 Å². The molecular weight excluding hydrogens is 388 g/mol. The summed E-state index contributed by atoms with van der Waals surface area (Å²) in [4.78, 5) is 19.3. The van der Waals surface area contributed by atoms with Crippen molar-refractivity contribution in [2.24, 2.45) is 5.92 Å². The Morgan fingerprint density at radius 1 is 1.14 bits per heavy atom. The molecule has 1 amide bonds. The molecule has 7 heteroatoms. The number of nitrogens with one attached hydrogen (secondary N) is 1. The van der Waals surface area contributed by atoms with E-state index >= 15 is 0 Å². The smallest absolute Gasteiger partial charge is 0.246 e. The number of carbonyl (C=O) groups is 1. The van der Waals surface area contributed by atoms with Gasteiger partial charge in [0.15, 0.2) is 0 Å². The fourth-order valence-corrected chi connectivity index (χ4v) is 3.76. The van der Waals surface area contributed by atoms with E-state index in [1.54, 1.807) is 12.1 Å². The molecular formula is C22H23ClN4O2. The third-order valence-electron chi connectivity index (χ3n) is 5.17. The first-order chi connectivity index (χ1) is 14.2. The van der Waals surface area contributed by atoms with Gasteiger partial charge in [0, 0.05) is 23.0 Å². The van der Waals surface area contributed by atoms with Crippen molar-refractivity contribution in [1.82, 2.24) is 20.4 Å². The maximum absolute atomic E-state index is 12.5. The van der Waals surface area contributed by atoms with Crippen LogP contribution in [0.5, 0.6) is 0 Å². The molecule has 0 atom stereocenters. The number of amides is 1. The topological polar surface area (TPSA) is 71.3 Å². The zero-order chi connectivity index (χ0) is 20.1. The first kappa shape index (κ1) is 19.6. The molecule has 0 bridgehead atoms. The summed E-state index contributed by atoms with van der Waals surface area (Å²) in [6, 6.07) is 17.7. The maximum atomic E-state index is 12.5. The van der Waals surface area contributed by atoms with Gasteiger partial charge in [-0.05, 0) is 43.6 Å². The minimum atomic E-state index is 0.0253. The van der Waals surface area contributed by atoms with Crippen LogP contribution >= 0.6 is 11.6 Å². The standard InChI is InChI=1S/C22H23ClN4O2/c23-19-8-4-7-18(13-19)21-25-20(29-26-21)14-24-22(28)17-9-11-27(12-10-17)15-16-5-2-1-3-6-16/h1-8,13,17H,9-12,14-15H2,(H,24,28). The van der Waals surface area contributed by atoms with E-state index in [2.05, 4.69) is 44.6 Å². The lowest BCUT2D eigenvalue weighted by atomic mass is 9.95. The van der Waals surface area contributed by atoms with E-state index in [-0.39, 0.29) is 18.4 Å². The van der Waals surface area contributed by atoms with E-state index in [1.165, 1.54) is 5.56 Å². The van der Waals surface area contributed by atoms with Crippen LogP contribution in [0.4, 0.5) is 0 Å². The molecule has 0 spiro atoms. The van der Waals surface area contributed by atoms with Gasteiger partial charge in [-0.15, -0.1) is 0 Å². The zero-order valence-corrected chi connectivity index (χ0v) is 16.8. The lowest BCUT2D eigenvalue weighted by molar-refractivity contribution is -0.126. The first-order valence-electron chi connectivity index (χ1n) is 9.80. The van der Waals surface area contributed by atoms with Crippen molar-refractivity contribution in [3.05, 3.63) is 71.1 Å². The molecule has 1 N–H and O–H groups in total. The molecule has 2 aromatic carbocycles. The highest BCUT2D eigenvalue weighted by molar-refractivity contribution is 6.30. The molecule has 1 saturated heterocycles. The van der Waals surface area contributed by atoms with Crippen LogP contribution in [0.15, 0.2) is 59.1 Å². The molecule has 150 valence electrons. The van der Waals surface area contributed by atoms with Crippen molar-refractivity contribution in [1.29, 1.82) is 0 Å². The van der Waals surface area contributed by atoms with Crippen molar-refractivity contribution in [2.75, 3.05) is 13.1 Å². The average Bonchev–Trinajstić information content (AvgIpc) is 3.22. The van der Waals surface area contributed by atoms with Crippen LogP contribution in [-0.2, 0) is 17.9 Å². The van der Waals surface area contributed by atoms with Crippen molar-refractivity contribution >= 4 is 17.5 Å². The van der Waals surface area contributed by atoms with Gasteiger partial charge in [-0.2, -0.15) is 4.98 Å². The molecule has 4 rings (SSSR count). The predicted molar refractivity (Wildman–Crippen MR) is 111 cm³/mol. The SMILES string of the molecule is O=C(NCc1nc(-c2cccc(Cl)c2)no1)C1CCN(Cc2ccccc2)CC1. The second-order valence-electron chi connectivity index (χ2n) is 7.28. The van der Waals surface area contributed by atoms with Gasteiger partial charge >= 0.3 is 0 Å². The van der Waals surface area contributed by atoms with E-state index in [1.807, 2.05) is 18.2 Å². The summed E-state index contributed by atoms with van der Waals surface area (Å²) in [5, 5.41) is 7.51. The number of piperidine rings is 1. The fraction of sp³-hybridized carbons (Fsp3) is 0.318. The molecule has 1 fully saturated rings. The highest BCUT2D eigenvalue weighted by atomic mass is 35.5. The Morgan fingerprint density at radius 2 is 1.93 bits per heavy atom. The van der Waals surface area contributed by atoms with Crippen LogP contribution in [0.1, 0.15) is 24.3 Å². The van der Waals surface area contributed by atoms with Gasteiger partial charge in [-0.1, -0.05) is 59.2 Å². The van der Waals surface area contributed by atoms with Gasteiger partial charge in [0.05, 0.1) is 6.54 Å². The molecule has 0 unspecified atom stereocenters. The molecule has 0 radical (unpaired) electrons. The third-order valence-corrected chi connectivity index (χ3v) is 5.41.